The fourth-order valence-corrected chi connectivity index (χ4v) is 5.59. The molecule has 2 amide bonds. The largest absolute Gasteiger partial charge is 0.354 e. The van der Waals surface area contributed by atoms with Crippen LogP contribution in [-0.2, 0) is 26.2 Å². The van der Waals surface area contributed by atoms with Gasteiger partial charge in [0, 0.05) is 13.1 Å². The Labute approximate surface area is 230 Å². The third-order valence-corrected chi connectivity index (χ3v) is 8.02. The van der Waals surface area contributed by atoms with Crippen molar-refractivity contribution in [3.8, 4) is 0 Å². The number of hydrogen-bond acceptors (Lipinski definition) is 4. The van der Waals surface area contributed by atoms with E-state index >= 15 is 0 Å². The fourth-order valence-electron chi connectivity index (χ4n) is 4.16. The minimum atomic E-state index is -4.12. The second-order valence-corrected chi connectivity index (χ2v) is 11.7. The maximum Gasteiger partial charge on any atom is 0.264 e. The van der Waals surface area contributed by atoms with Gasteiger partial charge in [0.25, 0.3) is 10.0 Å². The van der Waals surface area contributed by atoms with E-state index in [2.05, 4.69) is 5.32 Å². The van der Waals surface area contributed by atoms with E-state index < -0.39 is 34.3 Å². The first kappa shape index (κ1) is 29.8. The number of amides is 2. The van der Waals surface area contributed by atoms with Crippen LogP contribution in [0, 0.1) is 18.7 Å². The maximum absolute atomic E-state index is 14.0. The number of nitrogens with zero attached hydrogens (tertiary/aromatic N) is 2. The summed E-state index contributed by atoms with van der Waals surface area (Å²) in [5.41, 5.74) is 1.79. The molecule has 0 aliphatic rings. The molecule has 1 atom stereocenters. The number of nitrogens with one attached hydrogen (secondary N) is 1. The predicted octanol–water partition coefficient (Wildman–Crippen LogP) is 4.91. The molecule has 0 heterocycles. The normalized spacial score (nSPS) is 12.2. The van der Waals surface area contributed by atoms with Gasteiger partial charge in [0.15, 0.2) is 0 Å². The fraction of sp³-hybridized carbons (Fsp3) is 0.333. The lowest BCUT2D eigenvalue weighted by Gasteiger charge is -2.33. The number of rotatable bonds is 12. The van der Waals surface area contributed by atoms with E-state index in [1.165, 1.54) is 29.2 Å². The van der Waals surface area contributed by atoms with Gasteiger partial charge in [-0.25, -0.2) is 12.8 Å². The smallest absolute Gasteiger partial charge is 0.264 e. The molecule has 1 N–H and O–H groups in total. The van der Waals surface area contributed by atoms with E-state index in [9.17, 15) is 22.4 Å². The molecule has 9 heteroatoms. The predicted molar refractivity (Wildman–Crippen MR) is 151 cm³/mol. The topological polar surface area (TPSA) is 86.8 Å². The number of anilines is 1. The highest BCUT2D eigenvalue weighted by Gasteiger charge is 2.33. The summed E-state index contributed by atoms with van der Waals surface area (Å²) in [6.07, 6.45) is 0.312. The van der Waals surface area contributed by atoms with Crippen LogP contribution < -0.4 is 9.62 Å². The summed E-state index contributed by atoms with van der Waals surface area (Å²) < 4.78 is 42.2. The van der Waals surface area contributed by atoms with Gasteiger partial charge in [-0.05, 0) is 66.8 Å². The molecule has 208 valence electrons. The number of sulfonamides is 1. The molecule has 1 unspecified atom stereocenters. The zero-order chi connectivity index (χ0) is 28.6. The van der Waals surface area contributed by atoms with E-state index in [0.29, 0.717) is 24.2 Å². The van der Waals surface area contributed by atoms with Gasteiger partial charge in [0.2, 0.25) is 11.8 Å². The molecule has 0 fully saturated rings. The molecule has 39 heavy (non-hydrogen) atoms. The molecule has 0 aliphatic carbocycles. The highest BCUT2D eigenvalue weighted by molar-refractivity contribution is 7.92. The van der Waals surface area contributed by atoms with Crippen molar-refractivity contribution in [1.29, 1.82) is 0 Å². The lowest BCUT2D eigenvalue weighted by Crippen LogP contribution is -2.52. The van der Waals surface area contributed by atoms with Gasteiger partial charge < -0.3 is 10.2 Å². The van der Waals surface area contributed by atoms with Crippen LogP contribution in [0.15, 0.2) is 83.8 Å². The minimum Gasteiger partial charge on any atom is -0.354 e. The van der Waals surface area contributed by atoms with Crippen molar-refractivity contribution in [3.63, 3.8) is 0 Å². The molecular formula is C30H36FN3O4S. The Hall–Kier alpha value is -3.72. The zero-order valence-corrected chi connectivity index (χ0v) is 23.6. The van der Waals surface area contributed by atoms with Crippen LogP contribution in [0.2, 0.25) is 0 Å². The second-order valence-electron chi connectivity index (χ2n) is 9.87. The number of carbonyl (C=O) groups is 2. The molecule has 0 aromatic heterocycles. The molecule has 0 saturated carbocycles. The number of halogens is 1. The van der Waals surface area contributed by atoms with Gasteiger partial charge in [-0.1, -0.05) is 63.2 Å². The number of aryl methyl sites for hydroxylation is 1. The molecule has 3 aromatic rings. The van der Waals surface area contributed by atoms with Crippen LogP contribution in [0.3, 0.4) is 0 Å². The second kappa shape index (κ2) is 13.4. The standard InChI is InChI=1S/C30H36FN3O4S/c1-5-28(30(36)32-19-22(2)3)33(20-24-14-16-25(31)17-15-24)29(35)21-34(26-11-9-10-23(4)18-26)39(37,38)27-12-7-6-8-13-27/h6-18,22,28H,5,19-21H2,1-4H3,(H,32,36). The quantitative estimate of drug-likeness (QED) is 0.345. The highest BCUT2D eigenvalue weighted by atomic mass is 32.2. The zero-order valence-electron chi connectivity index (χ0n) is 22.8. The summed E-state index contributed by atoms with van der Waals surface area (Å²) in [6.45, 7) is 7.50. The van der Waals surface area contributed by atoms with Gasteiger partial charge in [-0.15, -0.1) is 0 Å². The van der Waals surface area contributed by atoms with Gasteiger partial charge >= 0.3 is 0 Å². The van der Waals surface area contributed by atoms with E-state index in [4.69, 9.17) is 0 Å². The first-order valence-electron chi connectivity index (χ1n) is 13.0. The van der Waals surface area contributed by atoms with Crippen LogP contribution in [0.25, 0.3) is 0 Å². The number of carbonyl (C=O) groups excluding carboxylic acids is 2. The molecule has 0 spiro atoms. The Morgan fingerprint density at radius 1 is 0.949 bits per heavy atom. The maximum atomic E-state index is 14.0. The molecule has 0 bridgehead atoms. The summed E-state index contributed by atoms with van der Waals surface area (Å²) in [6, 6.07) is 19.6. The minimum absolute atomic E-state index is 0.0137. The van der Waals surface area contributed by atoms with E-state index in [-0.39, 0.29) is 23.3 Å². The number of benzene rings is 3. The summed E-state index contributed by atoms with van der Waals surface area (Å²) in [5.74, 6) is -1.08. The van der Waals surface area contributed by atoms with Gasteiger partial charge in [0.1, 0.15) is 18.4 Å². The third kappa shape index (κ3) is 7.89. The highest BCUT2D eigenvalue weighted by Crippen LogP contribution is 2.25. The first-order chi connectivity index (χ1) is 18.5. The Balaban J connectivity index is 2.03. The SMILES string of the molecule is CCC(C(=O)NCC(C)C)N(Cc1ccc(F)cc1)C(=O)CN(c1cccc(C)c1)S(=O)(=O)c1ccccc1. The van der Waals surface area contributed by atoms with Crippen LogP contribution in [0.5, 0.6) is 0 Å². The molecule has 3 rings (SSSR count). The Morgan fingerprint density at radius 2 is 1.62 bits per heavy atom. The van der Waals surface area contributed by atoms with Crippen molar-refractivity contribution in [2.75, 3.05) is 17.4 Å². The summed E-state index contributed by atoms with van der Waals surface area (Å²) in [7, 11) is -4.12. The lowest BCUT2D eigenvalue weighted by molar-refractivity contribution is -0.140. The molecule has 0 radical (unpaired) electrons. The van der Waals surface area contributed by atoms with Crippen molar-refractivity contribution in [1.82, 2.24) is 10.2 Å². The Bertz CT molecular complexity index is 1360. The third-order valence-electron chi connectivity index (χ3n) is 6.24. The average molecular weight is 554 g/mol. The van der Waals surface area contributed by atoms with Crippen molar-refractivity contribution in [2.45, 2.75) is 51.6 Å². The molecule has 7 nitrogen and oxygen atoms in total. The number of hydrogen-bond donors (Lipinski definition) is 1. The molecular weight excluding hydrogens is 517 g/mol. The van der Waals surface area contributed by atoms with Gasteiger partial charge in [-0.3, -0.25) is 13.9 Å². The van der Waals surface area contributed by atoms with Crippen molar-refractivity contribution < 1.29 is 22.4 Å². The van der Waals surface area contributed by atoms with Crippen molar-refractivity contribution >= 4 is 27.5 Å². The summed E-state index contributed by atoms with van der Waals surface area (Å²) in [4.78, 5) is 28.6. The van der Waals surface area contributed by atoms with Crippen molar-refractivity contribution in [2.24, 2.45) is 5.92 Å². The van der Waals surface area contributed by atoms with E-state index in [1.54, 1.807) is 55.5 Å². The van der Waals surface area contributed by atoms with Crippen LogP contribution in [-0.4, -0.2) is 44.3 Å². The van der Waals surface area contributed by atoms with E-state index in [1.807, 2.05) is 26.8 Å². The lowest BCUT2D eigenvalue weighted by atomic mass is 10.1. The van der Waals surface area contributed by atoms with Crippen LogP contribution in [0.1, 0.15) is 38.3 Å². The summed E-state index contributed by atoms with van der Waals surface area (Å²) >= 11 is 0. The molecule has 0 saturated heterocycles. The van der Waals surface area contributed by atoms with Gasteiger partial charge in [-0.2, -0.15) is 0 Å². The van der Waals surface area contributed by atoms with Crippen LogP contribution in [0.4, 0.5) is 10.1 Å². The van der Waals surface area contributed by atoms with Gasteiger partial charge in [0.05, 0.1) is 10.6 Å². The first-order valence-corrected chi connectivity index (χ1v) is 14.4. The van der Waals surface area contributed by atoms with Crippen molar-refractivity contribution in [3.05, 3.63) is 95.8 Å². The average Bonchev–Trinajstić information content (AvgIpc) is 2.91. The Morgan fingerprint density at radius 3 is 2.21 bits per heavy atom. The van der Waals surface area contributed by atoms with E-state index in [0.717, 1.165) is 9.87 Å². The molecule has 3 aromatic carbocycles. The molecule has 0 aliphatic heterocycles. The summed E-state index contributed by atoms with van der Waals surface area (Å²) in [5, 5.41) is 2.89. The monoisotopic (exact) mass is 553 g/mol. The van der Waals surface area contributed by atoms with Crippen LogP contribution >= 0.6 is 0 Å². The Kier molecular flexibility index (Phi) is 10.2.